The molecule has 1 saturated heterocycles. The number of aryl methyl sites for hydroxylation is 1. The van der Waals surface area contributed by atoms with Gasteiger partial charge in [0.05, 0.1) is 28.6 Å². The molecule has 12 heteroatoms. The van der Waals surface area contributed by atoms with E-state index in [4.69, 9.17) is 11.6 Å². The summed E-state index contributed by atoms with van der Waals surface area (Å²) in [5.74, 6) is 0.764. The fourth-order valence-corrected chi connectivity index (χ4v) is 4.30. The van der Waals surface area contributed by atoms with Gasteiger partial charge in [0.25, 0.3) is 0 Å². The van der Waals surface area contributed by atoms with Crippen molar-refractivity contribution in [3.05, 3.63) is 58.5 Å². The fraction of sp³-hybridized carbons (Fsp3) is 0.364. The summed E-state index contributed by atoms with van der Waals surface area (Å²) >= 11 is 6.28. The Morgan fingerprint density at radius 3 is 2.68 bits per heavy atom. The minimum absolute atomic E-state index is 0.213. The molecule has 0 spiro atoms. The molecule has 1 fully saturated rings. The molecule has 1 atom stereocenters. The Morgan fingerprint density at radius 2 is 1.97 bits per heavy atom. The summed E-state index contributed by atoms with van der Waals surface area (Å²) < 4.78 is 15.3. The number of hydrogen-bond acceptors (Lipinski definition) is 7. The van der Waals surface area contributed by atoms with Crippen LogP contribution in [-0.4, -0.2) is 73.1 Å². The molecule has 5 rings (SSSR count). The van der Waals surface area contributed by atoms with E-state index in [0.717, 1.165) is 17.6 Å². The molecule has 34 heavy (non-hydrogen) atoms. The number of aromatic nitrogens is 5. The van der Waals surface area contributed by atoms with Gasteiger partial charge in [-0.1, -0.05) is 11.6 Å². The minimum atomic E-state index is -0.435. The van der Waals surface area contributed by atoms with E-state index in [2.05, 4.69) is 25.2 Å². The van der Waals surface area contributed by atoms with Crippen molar-refractivity contribution in [1.82, 2.24) is 34.6 Å². The summed E-state index contributed by atoms with van der Waals surface area (Å²) in [6.45, 7) is 5.84. The number of carbonyl (C=O) groups is 1. The van der Waals surface area contributed by atoms with Crippen molar-refractivity contribution in [2.24, 2.45) is 5.10 Å². The van der Waals surface area contributed by atoms with Crippen LogP contribution < -0.4 is 4.90 Å². The number of halogens is 2. The van der Waals surface area contributed by atoms with Gasteiger partial charge in [-0.15, -0.1) is 0 Å². The second kappa shape index (κ2) is 8.98. The van der Waals surface area contributed by atoms with E-state index in [1.807, 2.05) is 18.7 Å². The lowest BCUT2D eigenvalue weighted by Crippen LogP contribution is -2.52. The number of pyridine rings is 1. The minimum Gasteiger partial charge on any atom is -0.337 e. The molecule has 176 valence electrons. The number of amides is 2. The van der Waals surface area contributed by atoms with Crippen molar-refractivity contribution in [3.63, 3.8) is 0 Å². The van der Waals surface area contributed by atoms with Crippen molar-refractivity contribution in [3.8, 4) is 5.82 Å². The molecule has 0 saturated carbocycles. The van der Waals surface area contributed by atoms with Crippen LogP contribution in [0.15, 0.2) is 35.8 Å². The zero-order chi connectivity index (χ0) is 23.8. The first-order chi connectivity index (χ1) is 16.4. The molecule has 0 bridgehead atoms. The van der Waals surface area contributed by atoms with E-state index in [1.165, 1.54) is 11.1 Å². The summed E-state index contributed by atoms with van der Waals surface area (Å²) in [5, 5.41) is 10.7. The van der Waals surface area contributed by atoms with Crippen LogP contribution in [0.3, 0.4) is 0 Å². The van der Waals surface area contributed by atoms with Gasteiger partial charge in [-0.2, -0.15) is 15.2 Å². The molecule has 0 aromatic carbocycles. The molecule has 1 unspecified atom stereocenters. The van der Waals surface area contributed by atoms with E-state index in [0.29, 0.717) is 55.0 Å². The van der Waals surface area contributed by atoms with Crippen LogP contribution in [0, 0.1) is 19.7 Å². The average Bonchev–Trinajstić information content (AvgIpc) is 3.45. The number of urea groups is 1. The largest absolute Gasteiger partial charge is 0.341 e. The molecule has 0 N–H and O–H groups in total. The normalized spacial score (nSPS) is 18.1. The van der Waals surface area contributed by atoms with E-state index in [9.17, 15) is 9.18 Å². The van der Waals surface area contributed by atoms with Gasteiger partial charge in [-0.3, -0.25) is 4.98 Å². The highest BCUT2D eigenvalue weighted by atomic mass is 35.5. The smallest absolute Gasteiger partial charge is 0.337 e. The lowest BCUT2D eigenvalue weighted by atomic mass is 10.1. The third-order valence-corrected chi connectivity index (χ3v) is 6.56. The summed E-state index contributed by atoms with van der Waals surface area (Å²) in [7, 11) is 0. The highest BCUT2D eigenvalue weighted by molar-refractivity contribution is 6.31. The Morgan fingerprint density at radius 1 is 1.18 bits per heavy atom. The lowest BCUT2D eigenvalue weighted by Gasteiger charge is -2.37. The van der Waals surface area contributed by atoms with Crippen LogP contribution >= 0.6 is 11.6 Å². The van der Waals surface area contributed by atoms with Gasteiger partial charge < -0.3 is 9.80 Å². The maximum atomic E-state index is 13.6. The van der Waals surface area contributed by atoms with Gasteiger partial charge in [0, 0.05) is 57.3 Å². The molecular weight excluding hydrogens is 461 g/mol. The molecule has 0 aliphatic carbocycles. The van der Waals surface area contributed by atoms with Crippen LogP contribution in [0.5, 0.6) is 0 Å². The Balaban J connectivity index is 1.26. The highest BCUT2D eigenvalue weighted by Crippen LogP contribution is 2.29. The van der Waals surface area contributed by atoms with Crippen LogP contribution in [0.2, 0.25) is 5.02 Å². The van der Waals surface area contributed by atoms with Crippen molar-refractivity contribution in [1.29, 1.82) is 0 Å². The Kier molecular flexibility index (Phi) is 5.86. The molecule has 3 aromatic heterocycles. The first kappa shape index (κ1) is 22.2. The van der Waals surface area contributed by atoms with Gasteiger partial charge in [0.1, 0.15) is 5.82 Å². The van der Waals surface area contributed by atoms with Crippen LogP contribution in [0.1, 0.15) is 29.4 Å². The topological polar surface area (TPSA) is 95.6 Å². The number of piperazine rings is 1. The Bertz CT molecular complexity index is 1250. The predicted octanol–water partition coefficient (Wildman–Crippen LogP) is 3.14. The SMILES string of the molecule is Cc1nn(-c2ccnc(N3CCN(C(=O)N4N=CCC4c4cncc(F)c4)CC3)n2)c(C)c1Cl. The first-order valence-electron chi connectivity index (χ1n) is 10.9. The van der Waals surface area contributed by atoms with Gasteiger partial charge in [-0.25, -0.2) is 23.9 Å². The summed E-state index contributed by atoms with van der Waals surface area (Å²) in [5.41, 5.74) is 2.18. The van der Waals surface area contributed by atoms with E-state index < -0.39 is 5.82 Å². The van der Waals surface area contributed by atoms with Crippen LogP contribution in [0.25, 0.3) is 5.82 Å². The summed E-state index contributed by atoms with van der Waals surface area (Å²) in [4.78, 5) is 29.9. The lowest BCUT2D eigenvalue weighted by molar-refractivity contribution is 0.139. The van der Waals surface area contributed by atoms with Crippen LogP contribution in [-0.2, 0) is 0 Å². The molecular formula is C22H23ClFN9O. The first-order valence-corrected chi connectivity index (χ1v) is 11.3. The average molecular weight is 484 g/mol. The Hall–Kier alpha value is -3.60. The van der Waals surface area contributed by atoms with Crippen molar-refractivity contribution < 1.29 is 9.18 Å². The third kappa shape index (κ3) is 4.07. The van der Waals surface area contributed by atoms with Crippen molar-refractivity contribution >= 4 is 29.8 Å². The van der Waals surface area contributed by atoms with Gasteiger partial charge in [-0.05, 0) is 25.5 Å². The zero-order valence-corrected chi connectivity index (χ0v) is 19.5. The van der Waals surface area contributed by atoms with Crippen molar-refractivity contribution in [2.75, 3.05) is 31.1 Å². The maximum Gasteiger partial charge on any atom is 0.341 e. The fourth-order valence-electron chi connectivity index (χ4n) is 4.18. The van der Waals surface area contributed by atoms with E-state index >= 15 is 0 Å². The van der Waals surface area contributed by atoms with E-state index in [1.54, 1.807) is 34.3 Å². The van der Waals surface area contributed by atoms with Gasteiger partial charge in [0.15, 0.2) is 5.82 Å². The van der Waals surface area contributed by atoms with Gasteiger partial charge >= 0.3 is 6.03 Å². The second-order valence-electron chi connectivity index (χ2n) is 8.20. The second-order valence-corrected chi connectivity index (χ2v) is 8.58. The third-order valence-electron chi connectivity index (χ3n) is 6.02. The number of hydrazone groups is 1. The number of rotatable bonds is 3. The molecule has 3 aromatic rings. The number of carbonyl (C=O) groups excluding carboxylic acids is 1. The van der Waals surface area contributed by atoms with E-state index in [-0.39, 0.29) is 12.1 Å². The molecule has 2 amide bonds. The number of nitrogens with zero attached hydrogens (tertiary/aromatic N) is 9. The summed E-state index contributed by atoms with van der Waals surface area (Å²) in [6, 6.07) is 2.60. The maximum absolute atomic E-state index is 13.6. The predicted molar refractivity (Wildman–Crippen MR) is 125 cm³/mol. The molecule has 5 heterocycles. The zero-order valence-electron chi connectivity index (χ0n) is 18.8. The molecule has 0 radical (unpaired) electrons. The highest BCUT2D eigenvalue weighted by Gasteiger charge is 2.33. The van der Waals surface area contributed by atoms with Gasteiger partial charge in [0.2, 0.25) is 5.95 Å². The van der Waals surface area contributed by atoms with Crippen LogP contribution in [0.4, 0.5) is 15.1 Å². The quantitative estimate of drug-likeness (QED) is 0.568. The Labute approximate surface area is 200 Å². The molecule has 10 nitrogen and oxygen atoms in total. The molecule has 2 aliphatic rings. The molecule has 2 aliphatic heterocycles. The number of anilines is 1. The monoisotopic (exact) mass is 483 g/mol. The summed E-state index contributed by atoms with van der Waals surface area (Å²) in [6.07, 6.45) is 6.60. The van der Waals surface area contributed by atoms with Crippen molar-refractivity contribution in [2.45, 2.75) is 26.3 Å². The number of hydrogen-bond donors (Lipinski definition) is 0. The standard InChI is InChI=1S/C22H23ClFN9O/c1-14-20(23)15(2)32(29-14)19-4-5-26-21(28-19)30-7-9-31(10-8-30)22(34)33-18(3-6-27-33)16-11-17(24)13-25-12-16/h4-6,11-13,18H,3,7-10H2,1-2H3.